The molecule has 4 heteroatoms. The topological polar surface area (TPSA) is 50.1 Å². The summed E-state index contributed by atoms with van der Waals surface area (Å²) in [6.07, 6.45) is 0. The summed E-state index contributed by atoms with van der Waals surface area (Å²) < 4.78 is 4.97. The molecule has 0 aliphatic rings. The first-order valence-electron chi connectivity index (χ1n) is 3.88. The smallest absolute Gasteiger partial charge is 0.253 e. The van der Waals surface area contributed by atoms with Gasteiger partial charge in [0.05, 0.1) is 18.2 Å². The van der Waals surface area contributed by atoms with Crippen molar-refractivity contribution >= 4 is 16.8 Å². The van der Waals surface area contributed by atoms with Crippen molar-refractivity contribution in [2.24, 2.45) is 0 Å². The SMILES string of the molecule is COc1cc(C)c(C#N)c(C(=O)Cl)c1. The number of carbonyl (C=O) groups excluding carboxylic acids is 1. The Morgan fingerprint density at radius 2 is 2.21 bits per heavy atom. The number of ether oxygens (including phenoxy) is 1. The average molecular weight is 210 g/mol. The van der Waals surface area contributed by atoms with Gasteiger partial charge in [-0.2, -0.15) is 5.26 Å². The molecule has 72 valence electrons. The van der Waals surface area contributed by atoms with Crippen LogP contribution >= 0.6 is 11.6 Å². The Kier molecular flexibility index (Phi) is 3.10. The molecule has 0 amide bonds. The molecule has 0 unspecified atom stereocenters. The van der Waals surface area contributed by atoms with Gasteiger partial charge in [0.2, 0.25) is 0 Å². The van der Waals surface area contributed by atoms with E-state index in [9.17, 15) is 4.79 Å². The van der Waals surface area contributed by atoms with E-state index in [1.807, 2.05) is 6.07 Å². The molecule has 14 heavy (non-hydrogen) atoms. The maximum Gasteiger partial charge on any atom is 0.253 e. The van der Waals surface area contributed by atoms with Crippen LogP contribution in [0.5, 0.6) is 5.75 Å². The Labute approximate surface area is 86.9 Å². The third kappa shape index (κ3) is 1.86. The van der Waals surface area contributed by atoms with E-state index in [4.69, 9.17) is 21.6 Å². The summed E-state index contributed by atoms with van der Waals surface area (Å²) in [7, 11) is 1.49. The first-order chi connectivity index (χ1) is 6.60. The molecule has 0 aromatic heterocycles. The van der Waals surface area contributed by atoms with Gasteiger partial charge >= 0.3 is 0 Å². The number of methoxy groups -OCH3 is 1. The Balaban J connectivity index is 3.45. The highest BCUT2D eigenvalue weighted by Gasteiger charge is 2.13. The normalized spacial score (nSPS) is 9.29. The van der Waals surface area contributed by atoms with Crippen molar-refractivity contribution in [1.82, 2.24) is 0 Å². The van der Waals surface area contributed by atoms with Gasteiger partial charge in [-0.15, -0.1) is 0 Å². The number of nitriles is 1. The van der Waals surface area contributed by atoms with Crippen LogP contribution in [0.3, 0.4) is 0 Å². The van der Waals surface area contributed by atoms with Gasteiger partial charge in [-0.1, -0.05) is 0 Å². The zero-order valence-electron chi connectivity index (χ0n) is 7.80. The minimum absolute atomic E-state index is 0.186. The summed E-state index contributed by atoms with van der Waals surface area (Å²) in [5.74, 6) is 0.519. The monoisotopic (exact) mass is 209 g/mol. The third-order valence-electron chi connectivity index (χ3n) is 1.87. The summed E-state index contributed by atoms with van der Waals surface area (Å²) in [6.45, 7) is 1.73. The Bertz CT molecular complexity index is 421. The summed E-state index contributed by atoms with van der Waals surface area (Å²) in [6, 6.07) is 5.08. The van der Waals surface area contributed by atoms with Gasteiger partial charge in [0.25, 0.3) is 5.24 Å². The highest BCUT2D eigenvalue weighted by Crippen LogP contribution is 2.22. The summed E-state index contributed by atoms with van der Waals surface area (Å²) in [5, 5.41) is 8.16. The predicted octanol–water partition coefficient (Wildman–Crippen LogP) is 2.25. The highest BCUT2D eigenvalue weighted by molar-refractivity contribution is 6.68. The van der Waals surface area contributed by atoms with Crippen molar-refractivity contribution in [3.63, 3.8) is 0 Å². The number of halogens is 1. The fourth-order valence-electron chi connectivity index (χ4n) is 1.18. The number of hydrogen-bond acceptors (Lipinski definition) is 3. The molecule has 0 fully saturated rings. The Hall–Kier alpha value is -1.53. The lowest BCUT2D eigenvalue weighted by molar-refractivity contribution is 0.108. The molecule has 0 saturated heterocycles. The van der Waals surface area contributed by atoms with Crippen LogP contribution in [0.1, 0.15) is 21.5 Å². The van der Waals surface area contributed by atoms with E-state index < -0.39 is 5.24 Å². The molecule has 0 heterocycles. The minimum atomic E-state index is -0.649. The van der Waals surface area contributed by atoms with Crippen LogP contribution in [0, 0.1) is 18.3 Å². The van der Waals surface area contributed by atoms with Crippen LogP contribution in [-0.2, 0) is 0 Å². The van der Waals surface area contributed by atoms with Gasteiger partial charge < -0.3 is 4.74 Å². The van der Waals surface area contributed by atoms with E-state index in [-0.39, 0.29) is 5.56 Å². The molecule has 0 aliphatic heterocycles. The Morgan fingerprint density at radius 3 is 2.64 bits per heavy atom. The molecule has 1 aromatic carbocycles. The van der Waals surface area contributed by atoms with Gasteiger partial charge in [-0.05, 0) is 36.2 Å². The molecule has 1 aromatic rings. The molecule has 0 radical (unpaired) electrons. The maximum atomic E-state index is 11.0. The second kappa shape index (κ2) is 4.12. The van der Waals surface area contributed by atoms with Crippen LogP contribution < -0.4 is 4.74 Å². The van der Waals surface area contributed by atoms with Crippen LogP contribution in [-0.4, -0.2) is 12.4 Å². The molecule has 0 saturated carbocycles. The zero-order valence-corrected chi connectivity index (χ0v) is 8.55. The average Bonchev–Trinajstić information content (AvgIpc) is 2.16. The summed E-state index contributed by atoms with van der Waals surface area (Å²) in [5.41, 5.74) is 1.16. The fourth-order valence-corrected chi connectivity index (χ4v) is 1.32. The van der Waals surface area contributed by atoms with Crippen molar-refractivity contribution < 1.29 is 9.53 Å². The highest BCUT2D eigenvalue weighted by atomic mass is 35.5. The zero-order chi connectivity index (χ0) is 10.7. The molecule has 0 spiro atoms. The lowest BCUT2D eigenvalue weighted by Gasteiger charge is -2.06. The predicted molar refractivity (Wildman–Crippen MR) is 52.6 cm³/mol. The number of aryl methyl sites for hydroxylation is 1. The third-order valence-corrected chi connectivity index (χ3v) is 2.07. The fraction of sp³-hybridized carbons (Fsp3) is 0.200. The Morgan fingerprint density at radius 1 is 1.57 bits per heavy atom. The molecule has 0 N–H and O–H groups in total. The first kappa shape index (κ1) is 10.6. The van der Waals surface area contributed by atoms with Crippen LogP contribution in [0.15, 0.2) is 12.1 Å². The van der Waals surface area contributed by atoms with Crippen molar-refractivity contribution in [2.45, 2.75) is 6.92 Å². The second-order valence-corrected chi connectivity index (χ2v) is 3.10. The molecule has 1 rings (SSSR count). The van der Waals surface area contributed by atoms with Crippen LogP contribution in [0.2, 0.25) is 0 Å². The van der Waals surface area contributed by atoms with Gasteiger partial charge in [-0.25, -0.2) is 0 Å². The standard InChI is InChI=1S/C10H8ClNO2/c1-6-3-7(14-2)4-8(10(11)13)9(6)5-12/h3-4H,1-2H3. The largest absolute Gasteiger partial charge is 0.497 e. The first-order valence-corrected chi connectivity index (χ1v) is 4.26. The van der Waals surface area contributed by atoms with Gasteiger partial charge in [0.15, 0.2) is 0 Å². The van der Waals surface area contributed by atoms with Crippen molar-refractivity contribution in [3.05, 3.63) is 28.8 Å². The van der Waals surface area contributed by atoms with Gasteiger partial charge in [-0.3, -0.25) is 4.79 Å². The van der Waals surface area contributed by atoms with Gasteiger partial charge in [0.1, 0.15) is 11.8 Å². The number of carbonyl (C=O) groups is 1. The molecule has 3 nitrogen and oxygen atoms in total. The number of hydrogen-bond donors (Lipinski definition) is 0. The molecular formula is C10H8ClNO2. The van der Waals surface area contributed by atoms with E-state index in [1.165, 1.54) is 13.2 Å². The van der Waals surface area contributed by atoms with E-state index in [0.717, 1.165) is 0 Å². The number of nitrogens with zero attached hydrogens (tertiary/aromatic N) is 1. The second-order valence-electron chi connectivity index (χ2n) is 2.75. The lowest BCUT2D eigenvalue weighted by Crippen LogP contribution is -1.98. The minimum Gasteiger partial charge on any atom is -0.497 e. The maximum absolute atomic E-state index is 11.0. The van der Waals surface area contributed by atoms with Crippen LogP contribution in [0.25, 0.3) is 0 Å². The van der Waals surface area contributed by atoms with E-state index >= 15 is 0 Å². The number of rotatable bonds is 2. The lowest BCUT2D eigenvalue weighted by atomic mass is 10.0. The van der Waals surface area contributed by atoms with Crippen molar-refractivity contribution in [3.8, 4) is 11.8 Å². The molecule has 0 atom stereocenters. The van der Waals surface area contributed by atoms with Crippen molar-refractivity contribution in [2.75, 3.05) is 7.11 Å². The van der Waals surface area contributed by atoms with E-state index in [1.54, 1.807) is 13.0 Å². The van der Waals surface area contributed by atoms with Gasteiger partial charge in [0, 0.05) is 0 Å². The molecule has 0 bridgehead atoms. The van der Waals surface area contributed by atoms with Crippen LogP contribution in [0.4, 0.5) is 0 Å². The van der Waals surface area contributed by atoms with Crippen molar-refractivity contribution in [1.29, 1.82) is 5.26 Å². The summed E-state index contributed by atoms with van der Waals surface area (Å²) >= 11 is 5.34. The quantitative estimate of drug-likeness (QED) is 0.702. The number of benzene rings is 1. The van der Waals surface area contributed by atoms with E-state index in [2.05, 4.69) is 0 Å². The molecule has 0 aliphatic carbocycles. The molecular weight excluding hydrogens is 202 g/mol. The summed E-state index contributed by atoms with van der Waals surface area (Å²) in [4.78, 5) is 11.0. The van der Waals surface area contributed by atoms with E-state index in [0.29, 0.717) is 16.9 Å².